The molecule has 0 heterocycles. The van der Waals surface area contributed by atoms with Gasteiger partial charge in [0.05, 0.1) is 4.92 Å². The number of aryl methyl sites for hydroxylation is 1. The molecular weight excluding hydrogens is 358 g/mol. The second-order valence-electron chi connectivity index (χ2n) is 7.18. The van der Waals surface area contributed by atoms with E-state index >= 15 is 0 Å². The predicted octanol–water partition coefficient (Wildman–Crippen LogP) is 4.99. The first-order valence-corrected chi connectivity index (χ1v) is 9.51. The number of para-hydroxylation sites is 1. The topological polar surface area (TPSA) is 86.5 Å². The van der Waals surface area contributed by atoms with Gasteiger partial charge in [-0.1, -0.05) is 55.7 Å². The van der Waals surface area contributed by atoms with Crippen LogP contribution in [0.4, 0.5) is 5.69 Å². The van der Waals surface area contributed by atoms with E-state index in [0.717, 1.165) is 0 Å². The fourth-order valence-corrected chi connectivity index (χ4v) is 3.74. The van der Waals surface area contributed by atoms with Crippen LogP contribution in [0, 0.1) is 17.0 Å². The molecule has 2 aromatic rings. The van der Waals surface area contributed by atoms with Crippen LogP contribution in [0.25, 0.3) is 0 Å². The lowest BCUT2D eigenvalue weighted by Gasteiger charge is -2.22. The van der Waals surface area contributed by atoms with Gasteiger partial charge in [-0.05, 0) is 37.3 Å². The Kier molecular flexibility index (Phi) is 6.19. The van der Waals surface area contributed by atoms with E-state index in [1.54, 1.807) is 31.2 Å². The highest BCUT2D eigenvalue weighted by atomic mass is 16.6. The number of esters is 1. The Labute approximate surface area is 163 Å². The number of Topliss-reactive ketones (excluding diaryl/α,β-unsaturated/α-hetero) is 1. The molecule has 0 atom stereocenters. The fraction of sp³-hybridized carbons (Fsp3) is 0.364. The first kappa shape index (κ1) is 19.7. The van der Waals surface area contributed by atoms with E-state index in [1.807, 2.05) is 12.1 Å². The molecule has 0 spiro atoms. The number of carbonyl (C=O) groups is 2. The van der Waals surface area contributed by atoms with E-state index in [4.69, 9.17) is 4.74 Å². The van der Waals surface area contributed by atoms with Crippen molar-refractivity contribution in [3.05, 3.63) is 74.8 Å². The minimum Gasteiger partial charge on any atom is -0.454 e. The van der Waals surface area contributed by atoms with Crippen molar-refractivity contribution < 1.29 is 19.2 Å². The zero-order valence-electron chi connectivity index (χ0n) is 15.8. The first-order chi connectivity index (χ1) is 13.5. The third kappa shape index (κ3) is 4.44. The quantitative estimate of drug-likeness (QED) is 0.304. The highest BCUT2D eigenvalue weighted by Crippen LogP contribution is 2.32. The number of hydrogen-bond acceptors (Lipinski definition) is 5. The number of ether oxygens (including phenoxy) is 1. The molecule has 0 aliphatic heterocycles. The van der Waals surface area contributed by atoms with Crippen molar-refractivity contribution in [3.8, 4) is 0 Å². The Bertz CT molecular complexity index is 882. The molecule has 0 unspecified atom stereocenters. The largest absolute Gasteiger partial charge is 0.454 e. The molecule has 1 aliphatic rings. The van der Waals surface area contributed by atoms with Crippen molar-refractivity contribution in [2.24, 2.45) is 0 Å². The van der Waals surface area contributed by atoms with E-state index in [1.165, 1.54) is 43.7 Å². The van der Waals surface area contributed by atoms with E-state index < -0.39 is 17.5 Å². The second-order valence-corrected chi connectivity index (χ2v) is 7.18. The van der Waals surface area contributed by atoms with Crippen molar-refractivity contribution in [3.63, 3.8) is 0 Å². The summed E-state index contributed by atoms with van der Waals surface area (Å²) in [5.74, 6) is -0.654. The lowest BCUT2D eigenvalue weighted by atomic mass is 9.84. The van der Waals surface area contributed by atoms with E-state index in [9.17, 15) is 19.7 Å². The molecule has 0 amide bonds. The summed E-state index contributed by atoms with van der Waals surface area (Å²) >= 11 is 0. The summed E-state index contributed by atoms with van der Waals surface area (Å²) in [5, 5.41) is 11.2. The van der Waals surface area contributed by atoms with Gasteiger partial charge >= 0.3 is 5.97 Å². The molecule has 6 heteroatoms. The fourth-order valence-electron chi connectivity index (χ4n) is 3.74. The van der Waals surface area contributed by atoms with Crippen LogP contribution in [-0.4, -0.2) is 23.3 Å². The van der Waals surface area contributed by atoms with Crippen molar-refractivity contribution in [2.45, 2.75) is 44.9 Å². The minimum absolute atomic E-state index is 0.148. The Morgan fingerprint density at radius 3 is 2.39 bits per heavy atom. The van der Waals surface area contributed by atoms with Crippen molar-refractivity contribution >= 4 is 17.4 Å². The third-order valence-electron chi connectivity index (χ3n) is 5.28. The molecule has 0 saturated heterocycles. The van der Waals surface area contributed by atoms with Gasteiger partial charge in [-0.25, -0.2) is 4.79 Å². The molecule has 1 aliphatic carbocycles. The number of nitrogens with zero attached hydrogens (tertiary/aromatic N) is 1. The number of benzene rings is 2. The second kappa shape index (κ2) is 8.78. The lowest BCUT2D eigenvalue weighted by Crippen LogP contribution is -2.16. The van der Waals surface area contributed by atoms with Gasteiger partial charge in [0.2, 0.25) is 0 Å². The maximum absolute atomic E-state index is 12.3. The van der Waals surface area contributed by atoms with Gasteiger partial charge in [0.25, 0.3) is 5.69 Å². The molecule has 0 radical (unpaired) electrons. The average molecular weight is 381 g/mol. The Hall–Kier alpha value is -3.02. The van der Waals surface area contributed by atoms with Crippen LogP contribution in [0.15, 0.2) is 42.5 Å². The molecule has 2 aromatic carbocycles. The maximum Gasteiger partial charge on any atom is 0.345 e. The van der Waals surface area contributed by atoms with Gasteiger partial charge in [-0.3, -0.25) is 14.9 Å². The summed E-state index contributed by atoms with van der Waals surface area (Å²) < 4.78 is 5.04. The third-order valence-corrected chi connectivity index (χ3v) is 5.28. The Balaban J connectivity index is 1.63. The monoisotopic (exact) mass is 381 g/mol. The smallest absolute Gasteiger partial charge is 0.345 e. The molecule has 1 fully saturated rings. The molecule has 0 N–H and O–H groups in total. The van der Waals surface area contributed by atoms with Gasteiger partial charge in [0, 0.05) is 11.1 Å². The number of rotatable bonds is 6. The van der Waals surface area contributed by atoms with Crippen LogP contribution < -0.4 is 0 Å². The zero-order chi connectivity index (χ0) is 20.1. The van der Waals surface area contributed by atoms with Gasteiger partial charge in [0.15, 0.2) is 12.4 Å². The van der Waals surface area contributed by atoms with Crippen LogP contribution in [0.5, 0.6) is 0 Å². The standard InChI is InChI=1S/C22H23NO5/c1-15-6-5-9-19(21(15)23(26)27)22(25)28-14-20(24)18-12-10-17(11-13-18)16-7-3-2-4-8-16/h5-6,9-13,16H,2-4,7-8,14H2,1H3. The summed E-state index contributed by atoms with van der Waals surface area (Å²) in [5.41, 5.74) is 1.63. The maximum atomic E-state index is 12.3. The van der Waals surface area contributed by atoms with E-state index in [2.05, 4.69) is 0 Å². The molecule has 0 aromatic heterocycles. The minimum atomic E-state index is -0.873. The Morgan fingerprint density at radius 2 is 1.75 bits per heavy atom. The average Bonchev–Trinajstić information content (AvgIpc) is 2.72. The molecular formula is C22H23NO5. The summed E-state index contributed by atoms with van der Waals surface area (Å²) in [7, 11) is 0. The highest BCUT2D eigenvalue weighted by Gasteiger charge is 2.24. The van der Waals surface area contributed by atoms with Gasteiger partial charge < -0.3 is 4.74 Å². The van der Waals surface area contributed by atoms with Gasteiger partial charge in [-0.15, -0.1) is 0 Å². The van der Waals surface area contributed by atoms with E-state index in [0.29, 0.717) is 17.0 Å². The highest BCUT2D eigenvalue weighted by molar-refractivity contribution is 6.00. The first-order valence-electron chi connectivity index (χ1n) is 9.51. The summed E-state index contributed by atoms with van der Waals surface area (Å²) in [6.07, 6.45) is 6.14. The molecule has 3 rings (SSSR count). The van der Waals surface area contributed by atoms with Crippen LogP contribution in [0.2, 0.25) is 0 Å². The molecule has 146 valence electrons. The SMILES string of the molecule is Cc1cccc(C(=O)OCC(=O)c2ccc(C3CCCCC3)cc2)c1[N+](=O)[O-]. The van der Waals surface area contributed by atoms with Crippen LogP contribution in [0.1, 0.15) is 69.9 Å². The van der Waals surface area contributed by atoms with Crippen molar-refractivity contribution in [1.29, 1.82) is 0 Å². The van der Waals surface area contributed by atoms with Crippen LogP contribution in [0.3, 0.4) is 0 Å². The van der Waals surface area contributed by atoms with Crippen molar-refractivity contribution in [2.75, 3.05) is 6.61 Å². The Morgan fingerprint density at radius 1 is 1.07 bits per heavy atom. The summed E-state index contributed by atoms with van der Waals surface area (Å²) in [4.78, 5) is 35.2. The normalized spacial score (nSPS) is 14.5. The number of hydrogen-bond donors (Lipinski definition) is 0. The van der Waals surface area contributed by atoms with Crippen molar-refractivity contribution in [1.82, 2.24) is 0 Å². The van der Waals surface area contributed by atoms with Crippen LogP contribution >= 0.6 is 0 Å². The number of nitro groups is 1. The van der Waals surface area contributed by atoms with Crippen LogP contribution in [-0.2, 0) is 4.74 Å². The molecule has 28 heavy (non-hydrogen) atoms. The molecule has 6 nitrogen and oxygen atoms in total. The summed E-state index contributed by atoms with van der Waals surface area (Å²) in [6, 6.07) is 11.9. The van der Waals surface area contributed by atoms with E-state index in [-0.39, 0.29) is 17.0 Å². The van der Waals surface area contributed by atoms with Gasteiger partial charge in [0.1, 0.15) is 5.56 Å². The molecule has 0 bridgehead atoms. The van der Waals surface area contributed by atoms with Gasteiger partial charge in [-0.2, -0.15) is 0 Å². The number of nitro benzene ring substituents is 1. The lowest BCUT2D eigenvalue weighted by molar-refractivity contribution is -0.385. The summed E-state index contributed by atoms with van der Waals surface area (Å²) in [6.45, 7) is 1.10. The zero-order valence-corrected chi connectivity index (χ0v) is 15.8. The number of carbonyl (C=O) groups excluding carboxylic acids is 2. The number of ketones is 1. The molecule has 1 saturated carbocycles. The predicted molar refractivity (Wildman–Crippen MR) is 105 cm³/mol.